The second-order valence-electron chi connectivity index (χ2n) is 3.92. The molecule has 1 fully saturated rings. The molecular formula is C13H14FN3O. The summed E-state index contributed by atoms with van der Waals surface area (Å²) >= 11 is 0. The lowest BCUT2D eigenvalue weighted by molar-refractivity contribution is 0.359. The summed E-state index contributed by atoms with van der Waals surface area (Å²) in [5, 5.41) is 15.2. The van der Waals surface area contributed by atoms with E-state index in [4.69, 9.17) is 10.00 Å². The second kappa shape index (κ2) is 5.63. The van der Waals surface area contributed by atoms with Crippen molar-refractivity contribution >= 4 is 0 Å². The Hall–Kier alpha value is -1.90. The number of rotatable bonds is 4. The van der Waals surface area contributed by atoms with Gasteiger partial charge in [0.05, 0.1) is 11.7 Å². The molecule has 1 saturated heterocycles. The Bertz CT molecular complexity index is 490. The fourth-order valence-corrected chi connectivity index (χ4v) is 1.87. The van der Waals surface area contributed by atoms with E-state index in [0.29, 0.717) is 11.3 Å². The van der Waals surface area contributed by atoms with Crippen molar-refractivity contribution in [3.63, 3.8) is 0 Å². The normalized spacial score (nSPS) is 15.3. The molecule has 0 aliphatic carbocycles. The van der Waals surface area contributed by atoms with Crippen LogP contribution >= 0.6 is 0 Å². The van der Waals surface area contributed by atoms with Crippen LogP contribution in [0.2, 0.25) is 0 Å². The summed E-state index contributed by atoms with van der Waals surface area (Å²) in [6.07, 6.45) is 1.35. The van der Waals surface area contributed by atoms with Crippen LogP contribution in [-0.4, -0.2) is 19.7 Å². The number of nitriles is 1. The number of benzene rings is 1. The summed E-state index contributed by atoms with van der Waals surface area (Å²) in [5.74, 6) is -0.0336. The van der Waals surface area contributed by atoms with E-state index in [1.807, 2.05) is 6.07 Å². The summed E-state index contributed by atoms with van der Waals surface area (Å²) in [5.41, 5.74) is 0.654. The molecule has 2 N–H and O–H groups in total. The largest absolute Gasteiger partial charge is 0.488 e. The van der Waals surface area contributed by atoms with Gasteiger partial charge in [-0.25, -0.2) is 4.39 Å². The molecule has 18 heavy (non-hydrogen) atoms. The van der Waals surface area contributed by atoms with Crippen molar-refractivity contribution in [3.05, 3.63) is 41.7 Å². The Morgan fingerprint density at radius 1 is 1.50 bits per heavy atom. The van der Waals surface area contributed by atoms with Gasteiger partial charge in [-0.2, -0.15) is 5.26 Å². The molecule has 0 aromatic heterocycles. The van der Waals surface area contributed by atoms with Gasteiger partial charge >= 0.3 is 0 Å². The molecule has 1 aromatic rings. The van der Waals surface area contributed by atoms with E-state index in [1.54, 1.807) is 12.1 Å². The SMILES string of the molecule is C=CCOc1cc(C2NCCN2)c(F)cc1C#N. The van der Waals surface area contributed by atoms with Crippen LogP contribution in [0.15, 0.2) is 24.8 Å². The van der Waals surface area contributed by atoms with Crippen LogP contribution in [0.1, 0.15) is 17.3 Å². The third-order valence-electron chi connectivity index (χ3n) is 2.71. The highest BCUT2D eigenvalue weighted by molar-refractivity contribution is 5.47. The van der Waals surface area contributed by atoms with Gasteiger partial charge in [0.1, 0.15) is 24.2 Å². The van der Waals surface area contributed by atoms with Crippen molar-refractivity contribution in [2.75, 3.05) is 19.7 Å². The van der Waals surface area contributed by atoms with Crippen LogP contribution in [0.4, 0.5) is 4.39 Å². The van der Waals surface area contributed by atoms with Crippen molar-refractivity contribution in [3.8, 4) is 11.8 Å². The Kier molecular flexibility index (Phi) is 3.92. The fraction of sp³-hybridized carbons (Fsp3) is 0.308. The summed E-state index contributed by atoms with van der Waals surface area (Å²) < 4.78 is 19.3. The molecule has 2 rings (SSSR count). The predicted molar refractivity (Wildman–Crippen MR) is 65.6 cm³/mol. The van der Waals surface area contributed by atoms with Gasteiger partial charge in [0.25, 0.3) is 0 Å². The number of nitrogens with zero attached hydrogens (tertiary/aromatic N) is 1. The summed E-state index contributed by atoms with van der Waals surface area (Å²) in [7, 11) is 0. The molecule has 0 amide bonds. The fourth-order valence-electron chi connectivity index (χ4n) is 1.87. The molecule has 1 aromatic carbocycles. The minimum Gasteiger partial charge on any atom is -0.488 e. The standard InChI is InChI=1S/C13H14FN3O/c1-2-5-18-12-7-10(13-16-3-4-17-13)11(14)6-9(12)8-15/h2,6-7,13,16-17H,1,3-5H2. The monoisotopic (exact) mass is 247 g/mol. The van der Waals surface area contributed by atoms with Gasteiger partial charge in [-0.3, -0.25) is 10.6 Å². The molecule has 4 nitrogen and oxygen atoms in total. The molecule has 1 aliphatic heterocycles. The molecule has 5 heteroatoms. The Morgan fingerprint density at radius 3 is 2.83 bits per heavy atom. The maximum atomic E-state index is 13.9. The van der Waals surface area contributed by atoms with E-state index in [0.717, 1.165) is 13.1 Å². The molecule has 0 spiro atoms. The van der Waals surface area contributed by atoms with Crippen molar-refractivity contribution in [1.82, 2.24) is 10.6 Å². The maximum absolute atomic E-state index is 13.9. The molecule has 0 radical (unpaired) electrons. The zero-order chi connectivity index (χ0) is 13.0. The van der Waals surface area contributed by atoms with Gasteiger partial charge in [-0.05, 0) is 12.1 Å². The first-order chi connectivity index (χ1) is 8.76. The number of halogens is 1. The van der Waals surface area contributed by atoms with Crippen LogP contribution < -0.4 is 15.4 Å². The highest BCUT2D eigenvalue weighted by Gasteiger charge is 2.21. The van der Waals surface area contributed by atoms with E-state index in [2.05, 4.69) is 17.2 Å². The number of hydrogen-bond acceptors (Lipinski definition) is 4. The van der Waals surface area contributed by atoms with E-state index >= 15 is 0 Å². The number of hydrogen-bond donors (Lipinski definition) is 2. The molecule has 0 bridgehead atoms. The van der Waals surface area contributed by atoms with Crippen LogP contribution in [0.3, 0.4) is 0 Å². The average Bonchev–Trinajstić information content (AvgIpc) is 2.90. The first-order valence-corrected chi connectivity index (χ1v) is 5.70. The average molecular weight is 247 g/mol. The van der Waals surface area contributed by atoms with Crippen LogP contribution in [-0.2, 0) is 0 Å². The molecule has 0 atom stereocenters. The molecule has 1 aliphatic rings. The topological polar surface area (TPSA) is 57.1 Å². The van der Waals surface area contributed by atoms with Gasteiger partial charge in [-0.1, -0.05) is 12.7 Å². The van der Waals surface area contributed by atoms with Crippen molar-refractivity contribution in [1.29, 1.82) is 5.26 Å². The Labute approximate surface area is 105 Å². The minimum absolute atomic E-state index is 0.191. The zero-order valence-corrected chi connectivity index (χ0v) is 9.87. The molecule has 0 unspecified atom stereocenters. The Morgan fingerprint density at radius 2 is 2.22 bits per heavy atom. The van der Waals surface area contributed by atoms with E-state index < -0.39 is 5.82 Å². The van der Waals surface area contributed by atoms with Crippen LogP contribution in [0, 0.1) is 17.1 Å². The summed E-state index contributed by atoms with van der Waals surface area (Å²) in [4.78, 5) is 0. The van der Waals surface area contributed by atoms with Gasteiger partial charge in [0.15, 0.2) is 0 Å². The lowest BCUT2D eigenvalue weighted by atomic mass is 10.1. The van der Waals surface area contributed by atoms with Gasteiger partial charge in [0, 0.05) is 18.7 Å². The van der Waals surface area contributed by atoms with E-state index in [9.17, 15) is 4.39 Å². The molecule has 1 heterocycles. The van der Waals surface area contributed by atoms with Gasteiger partial charge in [-0.15, -0.1) is 0 Å². The minimum atomic E-state index is -0.413. The van der Waals surface area contributed by atoms with Crippen molar-refractivity contribution in [2.24, 2.45) is 0 Å². The molecular weight excluding hydrogens is 233 g/mol. The first kappa shape index (κ1) is 12.6. The smallest absolute Gasteiger partial charge is 0.138 e. The lowest BCUT2D eigenvalue weighted by Gasteiger charge is -2.15. The third-order valence-corrected chi connectivity index (χ3v) is 2.71. The lowest BCUT2D eigenvalue weighted by Crippen LogP contribution is -2.22. The first-order valence-electron chi connectivity index (χ1n) is 5.70. The summed E-state index contributed by atoms with van der Waals surface area (Å²) in [6.45, 7) is 5.39. The Balaban J connectivity index is 2.35. The van der Waals surface area contributed by atoms with Crippen LogP contribution in [0.25, 0.3) is 0 Å². The summed E-state index contributed by atoms with van der Waals surface area (Å²) in [6, 6.07) is 4.69. The van der Waals surface area contributed by atoms with Gasteiger partial charge < -0.3 is 4.74 Å². The molecule has 94 valence electrons. The van der Waals surface area contributed by atoms with Gasteiger partial charge in [0.2, 0.25) is 0 Å². The van der Waals surface area contributed by atoms with E-state index in [-0.39, 0.29) is 18.3 Å². The highest BCUT2D eigenvalue weighted by Crippen LogP contribution is 2.26. The maximum Gasteiger partial charge on any atom is 0.138 e. The molecule has 0 saturated carbocycles. The zero-order valence-electron chi connectivity index (χ0n) is 9.87. The number of ether oxygens (including phenoxy) is 1. The van der Waals surface area contributed by atoms with Crippen molar-refractivity contribution < 1.29 is 9.13 Å². The van der Waals surface area contributed by atoms with E-state index in [1.165, 1.54) is 6.07 Å². The number of nitrogens with one attached hydrogen (secondary N) is 2. The van der Waals surface area contributed by atoms with Crippen LogP contribution in [0.5, 0.6) is 5.75 Å². The third kappa shape index (κ3) is 2.50. The highest BCUT2D eigenvalue weighted by atomic mass is 19.1. The quantitative estimate of drug-likeness (QED) is 0.791. The van der Waals surface area contributed by atoms with Crippen molar-refractivity contribution in [2.45, 2.75) is 6.17 Å². The second-order valence-corrected chi connectivity index (χ2v) is 3.92. The predicted octanol–water partition coefficient (Wildman–Crippen LogP) is 1.45.